The minimum atomic E-state index is -5.79. The van der Waals surface area contributed by atoms with Gasteiger partial charge in [-0.2, -0.15) is 26.3 Å². The fourth-order valence-corrected chi connectivity index (χ4v) is 0.952. The molecule has 0 heterocycles. The zero-order valence-corrected chi connectivity index (χ0v) is 9.71. The molecule has 0 N–H and O–H groups in total. The smallest absolute Gasteiger partial charge is 0.393 e. The fourth-order valence-electron chi connectivity index (χ4n) is 0.952. The Labute approximate surface area is 99.6 Å². The number of alkyl halides is 6. The standard InChI is InChI=1S/C10H12F6O2/c1-4-5-8(11,12)9(13,14)10(15,16)18-7(17)6(2)3/h2,4-5H2,1,3H3. The zero-order valence-electron chi connectivity index (χ0n) is 9.71. The molecule has 0 aromatic heterocycles. The molecular formula is C10H12F6O2. The van der Waals surface area contributed by atoms with Gasteiger partial charge in [-0.1, -0.05) is 19.9 Å². The molecule has 0 saturated heterocycles. The lowest BCUT2D eigenvalue weighted by atomic mass is 10.1. The van der Waals surface area contributed by atoms with Gasteiger partial charge in [0.2, 0.25) is 0 Å². The molecule has 0 bridgehead atoms. The van der Waals surface area contributed by atoms with Crippen molar-refractivity contribution in [1.29, 1.82) is 0 Å². The van der Waals surface area contributed by atoms with Crippen LogP contribution in [0.4, 0.5) is 26.3 Å². The summed E-state index contributed by atoms with van der Waals surface area (Å²) in [5.41, 5.74) is -0.607. The van der Waals surface area contributed by atoms with Gasteiger partial charge >= 0.3 is 23.9 Å². The van der Waals surface area contributed by atoms with Crippen molar-refractivity contribution < 1.29 is 35.9 Å². The van der Waals surface area contributed by atoms with Crippen LogP contribution in [0.3, 0.4) is 0 Å². The van der Waals surface area contributed by atoms with E-state index in [0.29, 0.717) is 0 Å². The maximum absolute atomic E-state index is 13.0. The van der Waals surface area contributed by atoms with Gasteiger partial charge < -0.3 is 4.74 Å². The lowest BCUT2D eigenvalue weighted by Gasteiger charge is -2.31. The maximum Gasteiger partial charge on any atom is 0.473 e. The fraction of sp³-hybridized carbons (Fsp3) is 0.700. The SMILES string of the molecule is C=C(C)C(=O)OC(F)(F)C(F)(F)C(F)(F)CCC. The van der Waals surface area contributed by atoms with Gasteiger partial charge in [0.25, 0.3) is 0 Å². The molecule has 2 nitrogen and oxygen atoms in total. The molecule has 0 saturated carbocycles. The summed E-state index contributed by atoms with van der Waals surface area (Å²) in [4.78, 5) is 10.7. The molecule has 0 radical (unpaired) electrons. The lowest BCUT2D eigenvalue weighted by Crippen LogP contribution is -2.56. The molecule has 8 heteroatoms. The predicted molar refractivity (Wildman–Crippen MR) is 50.7 cm³/mol. The molecule has 0 rings (SSSR count). The summed E-state index contributed by atoms with van der Waals surface area (Å²) in [6.45, 7) is 4.92. The van der Waals surface area contributed by atoms with Crippen LogP contribution in [-0.2, 0) is 9.53 Å². The second kappa shape index (κ2) is 5.19. The number of esters is 1. The van der Waals surface area contributed by atoms with Crippen LogP contribution < -0.4 is 0 Å². The Morgan fingerprint density at radius 2 is 1.61 bits per heavy atom. The van der Waals surface area contributed by atoms with Crippen LogP contribution >= 0.6 is 0 Å². The number of carbonyl (C=O) groups excluding carboxylic acids is 1. The minimum Gasteiger partial charge on any atom is -0.393 e. The monoisotopic (exact) mass is 278 g/mol. The number of ether oxygens (including phenoxy) is 1. The van der Waals surface area contributed by atoms with Crippen molar-refractivity contribution >= 4 is 5.97 Å². The Balaban J connectivity index is 5.18. The summed E-state index contributed by atoms with van der Waals surface area (Å²) < 4.78 is 80.7. The van der Waals surface area contributed by atoms with Gasteiger partial charge in [0, 0.05) is 12.0 Å². The largest absolute Gasteiger partial charge is 0.473 e. The lowest BCUT2D eigenvalue weighted by molar-refractivity contribution is -0.384. The summed E-state index contributed by atoms with van der Waals surface area (Å²) in [7, 11) is 0. The Morgan fingerprint density at radius 3 is 1.94 bits per heavy atom. The van der Waals surface area contributed by atoms with Crippen LogP contribution in [-0.4, -0.2) is 23.9 Å². The molecule has 0 aromatic rings. The third kappa shape index (κ3) is 3.17. The first-order chi connectivity index (χ1) is 7.89. The molecule has 0 amide bonds. The van der Waals surface area contributed by atoms with E-state index in [0.717, 1.165) is 13.8 Å². The van der Waals surface area contributed by atoms with E-state index < -0.39 is 42.3 Å². The highest BCUT2D eigenvalue weighted by molar-refractivity contribution is 5.87. The minimum absolute atomic E-state index is 0.437. The van der Waals surface area contributed by atoms with E-state index >= 15 is 0 Å². The van der Waals surface area contributed by atoms with Gasteiger partial charge in [0.15, 0.2) is 0 Å². The summed E-state index contributed by atoms with van der Waals surface area (Å²) in [5.74, 6) is -12.6. The molecule has 0 aliphatic rings. The Hall–Kier alpha value is -1.21. The normalized spacial score (nSPS) is 13.3. The molecule has 0 fully saturated rings. The number of halogens is 6. The Morgan fingerprint density at radius 1 is 1.17 bits per heavy atom. The number of rotatable bonds is 6. The van der Waals surface area contributed by atoms with Gasteiger partial charge in [-0.3, -0.25) is 0 Å². The number of hydrogen-bond acceptors (Lipinski definition) is 2. The average Bonchev–Trinajstić information content (AvgIpc) is 2.15. The van der Waals surface area contributed by atoms with E-state index in [2.05, 4.69) is 11.3 Å². The van der Waals surface area contributed by atoms with Crippen LogP contribution in [0.5, 0.6) is 0 Å². The molecule has 0 unspecified atom stereocenters. The highest BCUT2D eigenvalue weighted by atomic mass is 19.3. The predicted octanol–water partition coefficient (Wildman–Crippen LogP) is 3.77. The van der Waals surface area contributed by atoms with Crippen LogP contribution in [0.15, 0.2) is 12.2 Å². The Bertz CT molecular complexity index is 337. The average molecular weight is 278 g/mol. The second-order valence-electron chi connectivity index (χ2n) is 3.72. The van der Waals surface area contributed by atoms with E-state index in [1.54, 1.807) is 0 Å². The first-order valence-corrected chi connectivity index (χ1v) is 4.91. The molecule has 0 aliphatic heterocycles. The van der Waals surface area contributed by atoms with Crippen molar-refractivity contribution in [2.75, 3.05) is 0 Å². The summed E-state index contributed by atoms with van der Waals surface area (Å²) >= 11 is 0. The molecule has 0 atom stereocenters. The summed E-state index contributed by atoms with van der Waals surface area (Å²) in [6.07, 6.45) is -7.50. The molecular weight excluding hydrogens is 266 g/mol. The van der Waals surface area contributed by atoms with Crippen molar-refractivity contribution in [2.45, 2.75) is 44.6 Å². The van der Waals surface area contributed by atoms with E-state index in [4.69, 9.17) is 0 Å². The van der Waals surface area contributed by atoms with Crippen molar-refractivity contribution in [3.63, 3.8) is 0 Å². The quantitative estimate of drug-likeness (QED) is 0.420. The number of hydrogen-bond donors (Lipinski definition) is 0. The topological polar surface area (TPSA) is 26.3 Å². The van der Waals surface area contributed by atoms with Crippen LogP contribution in [0.1, 0.15) is 26.7 Å². The van der Waals surface area contributed by atoms with E-state index in [9.17, 15) is 31.1 Å². The highest BCUT2D eigenvalue weighted by Crippen LogP contribution is 2.48. The third-order valence-electron chi connectivity index (χ3n) is 1.96. The summed E-state index contributed by atoms with van der Waals surface area (Å²) in [6, 6.07) is 0. The van der Waals surface area contributed by atoms with E-state index in [-0.39, 0.29) is 0 Å². The van der Waals surface area contributed by atoms with E-state index in [1.807, 2.05) is 0 Å². The van der Waals surface area contributed by atoms with Gasteiger partial charge in [-0.25, -0.2) is 4.79 Å². The van der Waals surface area contributed by atoms with Gasteiger partial charge in [0.1, 0.15) is 0 Å². The van der Waals surface area contributed by atoms with Crippen molar-refractivity contribution in [1.82, 2.24) is 0 Å². The second-order valence-corrected chi connectivity index (χ2v) is 3.72. The molecule has 0 aliphatic carbocycles. The van der Waals surface area contributed by atoms with E-state index in [1.165, 1.54) is 0 Å². The molecule has 18 heavy (non-hydrogen) atoms. The van der Waals surface area contributed by atoms with Crippen LogP contribution in [0.2, 0.25) is 0 Å². The van der Waals surface area contributed by atoms with Gasteiger partial charge in [-0.15, -0.1) is 0 Å². The van der Waals surface area contributed by atoms with Crippen LogP contribution in [0.25, 0.3) is 0 Å². The Kier molecular flexibility index (Phi) is 4.84. The maximum atomic E-state index is 13.0. The zero-order chi connectivity index (χ0) is 14.8. The van der Waals surface area contributed by atoms with Gasteiger partial charge in [0.05, 0.1) is 0 Å². The highest BCUT2D eigenvalue weighted by Gasteiger charge is 2.73. The number of carbonyl (C=O) groups is 1. The first-order valence-electron chi connectivity index (χ1n) is 4.91. The van der Waals surface area contributed by atoms with Gasteiger partial charge in [-0.05, 0) is 6.92 Å². The molecule has 0 aromatic carbocycles. The van der Waals surface area contributed by atoms with Crippen LogP contribution in [0, 0.1) is 0 Å². The molecule has 0 spiro atoms. The molecule has 106 valence electrons. The third-order valence-corrected chi connectivity index (χ3v) is 1.96. The van der Waals surface area contributed by atoms with Crippen molar-refractivity contribution in [2.24, 2.45) is 0 Å². The van der Waals surface area contributed by atoms with Crippen molar-refractivity contribution in [3.05, 3.63) is 12.2 Å². The summed E-state index contributed by atoms with van der Waals surface area (Å²) in [5, 5.41) is 0. The first kappa shape index (κ1) is 16.8. The van der Waals surface area contributed by atoms with Crippen molar-refractivity contribution in [3.8, 4) is 0 Å².